The summed E-state index contributed by atoms with van der Waals surface area (Å²) in [7, 11) is 0. The third kappa shape index (κ3) is 3.88. The van der Waals surface area contributed by atoms with Crippen molar-refractivity contribution >= 4 is 32.4 Å². The minimum absolute atomic E-state index is 0.965. The Labute approximate surface area is 169 Å². The predicted octanol–water partition coefficient (Wildman–Crippen LogP) is 5.64. The Bertz CT molecular complexity index is 989. The first kappa shape index (κ1) is 18.1. The Morgan fingerprint density at radius 3 is 2.56 bits per heavy atom. The number of hydrazine groups is 1. The molecule has 0 unspecified atom stereocenters. The van der Waals surface area contributed by atoms with Crippen molar-refractivity contribution in [2.45, 2.75) is 19.3 Å². The van der Waals surface area contributed by atoms with Crippen molar-refractivity contribution in [1.29, 1.82) is 0 Å². The molecule has 136 valence electrons. The Balaban J connectivity index is 1.63. The third-order valence-electron chi connectivity index (χ3n) is 5.26. The maximum Gasteiger partial charge on any atom is 0.0601 e. The van der Waals surface area contributed by atoms with Crippen LogP contribution >= 0.6 is 15.9 Å². The lowest BCUT2D eigenvalue weighted by atomic mass is 10.0. The maximum atomic E-state index is 5.72. The van der Waals surface area contributed by atoms with E-state index in [1.54, 1.807) is 0 Å². The highest BCUT2D eigenvalue weighted by molar-refractivity contribution is 9.10. The number of terminal acetylenes is 1. The van der Waals surface area contributed by atoms with Gasteiger partial charge in [0.25, 0.3) is 0 Å². The second-order valence-corrected chi connectivity index (χ2v) is 7.90. The van der Waals surface area contributed by atoms with Crippen LogP contribution < -0.4 is 5.01 Å². The molecule has 0 aromatic heterocycles. The van der Waals surface area contributed by atoms with Crippen LogP contribution in [0.25, 0.3) is 10.8 Å². The van der Waals surface area contributed by atoms with E-state index in [1.807, 2.05) is 0 Å². The lowest BCUT2D eigenvalue weighted by molar-refractivity contribution is 0.215. The minimum atomic E-state index is 0.965. The van der Waals surface area contributed by atoms with E-state index >= 15 is 0 Å². The van der Waals surface area contributed by atoms with Crippen LogP contribution in [0.3, 0.4) is 0 Å². The number of anilines is 1. The molecule has 3 heteroatoms. The Morgan fingerprint density at radius 2 is 1.74 bits per heavy atom. The van der Waals surface area contributed by atoms with Crippen molar-refractivity contribution < 1.29 is 0 Å². The average Bonchev–Trinajstić information content (AvgIpc) is 2.72. The summed E-state index contributed by atoms with van der Waals surface area (Å²) in [6, 6.07) is 21.4. The van der Waals surface area contributed by atoms with E-state index in [0.29, 0.717) is 0 Å². The van der Waals surface area contributed by atoms with Gasteiger partial charge in [-0.15, -0.1) is 6.42 Å². The van der Waals surface area contributed by atoms with Crippen molar-refractivity contribution in [2.75, 3.05) is 24.6 Å². The van der Waals surface area contributed by atoms with Gasteiger partial charge in [0, 0.05) is 35.1 Å². The topological polar surface area (TPSA) is 6.48 Å². The van der Waals surface area contributed by atoms with Crippen LogP contribution in [0.15, 0.2) is 65.1 Å². The molecule has 1 aliphatic heterocycles. The van der Waals surface area contributed by atoms with Crippen molar-refractivity contribution in [3.63, 3.8) is 0 Å². The van der Waals surface area contributed by atoms with Crippen LogP contribution in [-0.2, 0) is 6.42 Å². The molecule has 0 aliphatic carbocycles. The Morgan fingerprint density at radius 1 is 0.926 bits per heavy atom. The second kappa shape index (κ2) is 8.17. The molecule has 0 atom stereocenters. The minimum Gasteiger partial charge on any atom is -0.305 e. The van der Waals surface area contributed by atoms with Crippen molar-refractivity contribution in [1.82, 2.24) is 5.01 Å². The molecule has 1 aliphatic rings. The number of hydrogen-bond acceptors (Lipinski definition) is 2. The van der Waals surface area contributed by atoms with Gasteiger partial charge >= 0.3 is 0 Å². The summed E-state index contributed by atoms with van der Waals surface area (Å²) < 4.78 is 1.14. The van der Waals surface area contributed by atoms with Gasteiger partial charge in [-0.05, 0) is 54.5 Å². The number of fused-ring (bicyclic) bond motifs is 1. The molecule has 0 bridgehead atoms. The Kier molecular flexibility index (Phi) is 5.48. The van der Waals surface area contributed by atoms with Gasteiger partial charge in [-0.25, -0.2) is 5.01 Å². The molecular formula is C24H23BrN2. The summed E-state index contributed by atoms with van der Waals surface area (Å²) in [5, 5.41) is 7.36. The predicted molar refractivity (Wildman–Crippen MR) is 118 cm³/mol. The zero-order valence-corrected chi connectivity index (χ0v) is 17.0. The van der Waals surface area contributed by atoms with Crippen LogP contribution in [0, 0.1) is 12.3 Å². The summed E-state index contributed by atoms with van der Waals surface area (Å²) in [6.07, 6.45) is 9.22. The number of rotatable bonds is 4. The van der Waals surface area contributed by atoms with Crippen molar-refractivity contribution in [2.24, 2.45) is 0 Å². The van der Waals surface area contributed by atoms with E-state index in [-0.39, 0.29) is 0 Å². The van der Waals surface area contributed by atoms with Gasteiger partial charge in [0.1, 0.15) is 0 Å². The number of nitrogens with zero attached hydrogens (tertiary/aromatic N) is 2. The van der Waals surface area contributed by atoms with Crippen LogP contribution in [0.4, 0.5) is 5.69 Å². The van der Waals surface area contributed by atoms with Crippen LogP contribution in [0.1, 0.15) is 24.0 Å². The molecular weight excluding hydrogens is 396 g/mol. The molecule has 0 saturated carbocycles. The van der Waals surface area contributed by atoms with E-state index in [4.69, 9.17) is 6.42 Å². The largest absolute Gasteiger partial charge is 0.305 e. The lowest BCUT2D eigenvalue weighted by Crippen LogP contribution is -2.48. The highest BCUT2D eigenvalue weighted by Crippen LogP contribution is 2.32. The molecule has 0 N–H and O–H groups in total. The zero-order chi connectivity index (χ0) is 18.6. The molecule has 1 saturated heterocycles. The monoisotopic (exact) mass is 418 g/mol. The zero-order valence-electron chi connectivity index (χ0n) is 15.4. The average molecular weight is 419 g/mol. The molecule has 2 nitrogen and oxygen atoms in total. The van der Waals surface area contributed by atoms with E-state index < -0.39 is 0 Å². The van der Waals surface area contributed by atoms with Crippen LogP contribution in [0.5, 0.6) is 0 Å². The molecule has 1 heterocycles. The van der Waals surface area contributed by atoms with Crippen molar-refractivity contribution in [3.05, 3.63) is 76.3 Å². The summed E-state index contributed by atoms with van der Waals surface area (Å²) in [5.74, 6) is 2.83. The standard InChI is InChI=1S/C24H23BrN2/c1-2-20-12-13-24(23-11-4-3-10-22(20)23)27-16-6-5-15-26(27)17-14-19-8-7-9-21(25)18-19/h1,3-4,7-13,18H,5-6,14-17H2. The summed E-state index contributed by atoms with van der Waals surface area (Å²) in [6.45, 7) is 3.17. The van der Waals surface area contributed by atoms with Gasteiger partial charge in [0.15, 0.2) is 0 Å². The summed E-state index contributed by atoms with van der Waals surface area (Å²) in [4.78, 5) is 0. The fourth-order valence-electron chi connectivity index (χ4n) is 3.91. The van der Waals surface area contributed by atoms with Crippen LogP contribution in [-0.4, -0.2) is 24.6 Å². The molecule has 0 spiro atoms. The molecule has 0 amide bonds. The molecule has 1 fully saturated rings. The number of hydrogen-bond donors (Lipinski definition) is 0. The van der Waals surface area contributed by atoms with Gasteiger partial charge in [0.2, 0.25) is 0 Å². The normalized spacial score (nSPS) is 15.0. The number of benzene rings is 3. The van der Waals surface area contributed by atoms with E-state index in [1.165, 1.54) is 29.5 Å². The summed E-state index contributed by atoms with van der Waals surface area (Å²) >= 11 is 3.58. The van der Waals surface area contributed by atoms with E-state index in [0.717, 1.165) is 41.5 Å². The molecule has 3 aromatic rings. The SMILES string of the molecule is C#Cc1ccc(N2CCCCN2CCc2cccc(Br)c2)c2ccccc12. The van der Waals surface area contributed by atoms with E-state index in [9.17, 15) is 0 Å². The first-order valence-electron chi connectivity index (χ1n) is 9.51. The molecule has 27 heavy (non-hydrogen) atoms. The number of halogens is 1. The van der Waals surface area contributed by atoms with Crippen molar-refractivity contribution in [3.8, 4) is 12.3 Å². The second-order valence-electron chi connectivity index (χ2n) is 6.99. The quantitative estimate of drug-likeness (QED) is 0.505. The van der Waals surface area contributed by atoms with Gasteiger partial charge in [-0.1, -0.05) is 58.2 Å². The lowest BCUT2D eigenvalue weighted by Gasteiger charge is -2.41. The molecule has 3 aromatic carbocycles. The first-order chi connectivity index (χ1) is 13.3. The molecule has 0 radical (unpaired) electrons. The van der Waals surface area contributed by atoms with Gasteiger partial charge in [0.05, 0.1) is 5.69 Å². The smallest absolute Gasteiger partial charge is 0.0601 e. The fourth-order valence-corrected chi connectivity index (χ4v) is 4.35. The van der Waals surface area contributed by atoms with Gasteiger partial charge in [-0.3, -0.25) is 0 Å². The summed E-state index contributed by atoms with van der Waals surface area (Å²) in [5.41, 5.74) is 3.59. The van der Waals surface area contributed by atoms with Gasteiger partial charge in [-0.2, -0.15) is 0 Å². The van der Waals surface area contributed by atoms with Gasteiger partial charge < -0.3 is 5.01 Å². The highest BCUT2D eigenvalue weighted by Gasteiger charge is 2.22. The first-order valence-corrected chi connectivity index (χ1v) is 10.3. The van der Waals surface area contributed by atoms with Crippen LogP contribution in [0.2, 0.25) is 0 Å². The third-order valence-corrected chi connectivity index (χ3v) is 5.75. The maximum absolute atomic E-state index is 5.72. The van der Waals surface area contributed by atoms with E-state index in [2.05, 4.69) is 92.5 Å². The molecule has 4 rings (SSSR count). The Hall–Kier alpha value is -2.28. The highest BCUT2D eigenvalue weighted by atomic mass is 79.9. The fraction of sp³-hybridized carbons (Fsp3) is 0.250.